The largest absolute Gasteiger partial charge is 0.314 e. The molecule has 0 spiro atoms. The maximum Gasteiger partial charge on any atom is 0.258 e. The topological polar surface area (TPSA) is 15.3 Å². The highest BCUT2D eigenvalue weighted by Gasteiger charge is 2.30. The molecule has 0 radical (unpaired) electrons. The summed E-state index contributed by atoms with van der Waals surface area (Å²) in [6.07, 6.45) is -2.46. The molecule has 0 unspecified atom stereocenters. The Bertz CT molecular complexity index is 413. The lowest BCUT2D eigenvalue weighted by atomic mass is 10.0. The second-order valence-electron chi connectivity index (χ2n) is 4.57. The number of nitrogens with zero attached hydrogens (tertiary/aromatic N) is 1. The lowest BCUT2D eigenvalue weighted by Crippen LogP contribution is -2.46. The van der Waals surface area contributed by atoms with Crippen LogP contribution in [-0.4, -0.2) is 37.5 Å². The third kappa shape index (κ3) is 4.52. The van der Waals surface area contributed by atoms with Gasteiger partial charge in [0, 0.05) is 26.2 Å². The smallest absolute Gasteiger partial charge is 0.258 e. The van der Waals surface area contributed by atoms with Crippen LogP contribution in [0.15, 0.2) is 18.2 Å². The Morgan fingerprint density at radius 1 is 1.15 bits per heavy atom. The van der Waals surface area contributed by atoms with Gasteiger partial charge in [-0.05, 0) is 24.1 Å². The Hall–Kier alpha value is -0.490. The average Bonchev–Trinajstić information content (AvgIpc) is 2.35. The summed E-state index contributed by atoms with van der Waals surface area (Å²) < 4.78 is 39.7. The van der Waals surface area contributed by atoms with Crippen molar-refractivity contribution in [2.75, 3.05) is 26.2 Å². The van der Waals surface area contributed by atoms with Gasteiger partial charge in [-0.3, -0.25) is 4.90 Å². The van der Waals surface area contributed by atoms with Gasteiger partial charge in [0.2, 0.25) is 0 Å². The van der Waals surface area contributed by atoms with Gasteiger partial charge in [-0.2, -0.15) is 0 Å². The molecule has 116 valence electrons. The molecule has 0 bridgehead atoms. The first kappa shape index (κ1) is 19.5. The number of nitrogens with one attached hydrogen (secondary N) is 1. The highest BCUT2D eigenvalue weighted by atomic mass is 35.5. The fraction of sp³-hybridized carbons (Fsp3) is 0.538. The molecule has 1 N–H and O–H groups in total. The molecular formula is C13H19Cl2F3N2. The number of halogens is 5. The number of benzene rings is 1. The minimum absolute atomic E-state index is 0. The summed E-state index contributed by atoms with van der Waals surface area (Å²) in [5.74, 6) is -0.355. The molecule has 2 rings (SSSR count). The van der Waals surface area contributed by atoms with Crippen molar-refractivity contribution < 1.29 is 13.2 Å². The zero-order chi connectivity index (χ0) is 13.1. The van der Waals surface area contributed by atoms with Gasteiger partial charge in [0.1, 0.15) is 5.82 Å². The molecule has 1 saturated heterocycles. The molecule has 1 aromatic rings. The molecule has 7 heteroatoms. The van der Waals surface area contributed by atoms with Gasteiger partial charge in [0.05, 0.1) is 6.04 Å². The second kappa shape index (κ2) is 8.72. The molecule has 0 saturated carbocycles. The number of aryl methyl sites for hydroxylation is 1. The minimum Gasteiger partial charge on any atom is -0.314 e. The van der Waals surface area contributed by atoms with Crippen LogP contribution in [0.1, 0.15) is 17.2 Å². The van der Waals surface area contributed by atoms with Crippen LogP contribution in [0.5, 0.6) is 0 Å². The van der Waals surface area contributed by atoms with Crippen molar-refractivity contribution in [1.29, 1.82) is 0 Å². The number of alkyl halides is 2. The predicted octanol–water partition coefficient (Wildman–Crippen LogP) is 3.19. The van der Waals surface area contributed by atoms with Crippen LogP contribution in [0, 0.1) is 12.7 Å². The average molecular weight is 331 g/mol. The maximum atomic E-state index is 13.2. The summed E-state index contributed by atoms with van der Waals surface area (Å²) in [6.45, 7) is 4.20. The van der Waals surface area contributed by atoms with Crippen LogP contribution < -0.4 is 5.32 Å². The van der Waals surface area contributed by atoms with Gasteiger partial charge >= 0.3 is 0 Å². The van der Waals surface area contributed by atoms with Gasteiger partial charge in [0.25, 0.3) is 6.43 Å². The Morgan fingerprint density at radius 3 is 2.25 bits per heavy atom. The highest BCUT2D eigenvalue weighted by molar-refractivity contribution is 5.85. The van der Waals surface area contributed by atoms with E-state index in [9.17, 15) is 13.2 Å². The van der Waals surface area contributed by atoms with Crippen LogP contribution in [0.3, 0.4) is 0 Å². The first-order valence-corrected chi connectivity index (χ1v) is 6.08. The molecule has 2 nitrogen and oxygen atoms in total. The third-order valence-corrected chi connectivity index (χ3v) is 3.31. The quantitative estimate of drug-likeness (QED) is 0.915. The molecule has 1 aromatic carbocycles. The lowest BCUT2D eigenvalue weighted by molar-refractivity contribution is 0.0181. The van der Waals surface area contributed by atoms with Crippen molar-refractivity contribution in [3.8, 4) is 0 Å². The Labute approximate surface area is 129 Å². The lowest BCUT2D eigenvalue weighted by Gasteiger charge is -2.34. The van der Waals surface area contributed by atoms with E-state index in [0.717, 1.165) is 0 Å². The van der Waals surface area contributed by atoms with E-state index in [2.05, 4.69) is 5.32 Å². The molecule has 20 heavy (non-hydrogen) atoms. The van der Waals surface area contributed by atoms with Crippen molar-refractivity contribution >= 4 is 24.8 Å². The van der Waals surface area contributed by atoms with Gasteiger partial charge in [-0.1, -0.05) is 12.1 Å². The standard InChI is InChI=1S/C13H17F3N2.2ClH/c1-9-8-10(2-3-11(9)14)12(13(15)16)18-6-4-17-5-7-18;;/h2-3,8,12-13,17H,4-7H2,1H3;2*1H/t12-;;/m0../s1. The first-order valence-electron chi connectivity index (χ1n) is 6.08. The Kier molecular flexibility index (Phi) is 8.51. The molecule has 1 heterocycles. The van der Waals surface area contributed by atoms with Crippen molar-refractivity contribution in [2.24, 2.45) is 0 Å². The summed E-state index contributed by atoms with van der Waals surface area (Å²) in [4.78, 5) is 1.76. The molecule has 1 fully saturated rings. The second-order valence-corrected chi connectivity index (χ2v) is 4.57. The zero-order valence-corrected chi connectivity index (χ0v) is 12.7. The number of hydrogen-bond acceptors (Lipinski definition) is 2. The first-order chi connectivity index (χ1) is 8.59. The maximum absolute atomic E-state index is 13.2. The Morgan fingerprint density at radius 2 is 1.75 bits per heavy atom. The molecule has 1 atom stereocenters. The van der Waals surface area contributed by atoms with E-state index in [0.29, 0.717) is 37.3 Å². The van der Waals surface area contributed by atoms with Gasteiger partial charge in [0.15, 0.2) is 0 Å². The van der Waals surface area contributed by atoms with Crippen LogP contribution in [0.25, 0.3) is 0 Å². The van der Waals surface area contributed by atoms with Crippen molar-refractivity contribution in [2.45, 2.75) is 19.4 Å². The predicted molar refractivity (Wildman–Crippen MR) is 78.8 cm³/mol. The highest BCUT2D eigenvalue weighted by Crippen LogP contribution is 2.28. The van der Waals surface area contributed by atoms with Crippen LogP contribution in [-0.2, 0) is 0 Å². The zero-order valence-electron chi connectivity index (χ0n) is 11.1. The fourth-order valence-electron chi connectivity index (χ4n) is 2.33. The van der Waals surface area contributed by atoms with Crippen molar-refractivity contribution in [1.82, 2.24) is 10.2 Å². The van der Waals surface area contributed by atoms with Crippen LogP contribution in [0.2, 0.25) is 0 Å². The van der Waals surface area contributed by atoms with Crippen molar-refractivity contribution in [3.05, 3.63) is 35.1 Å². The summed E-state index contributed by atoms with van der Waals surface area (Å²) >= 11 is 0. The Balaban J connectivity index is 0.00000180. The molecule has 0 aromatic heterocycles. The molecular weight excluding hydrogens is 312 g/mol. The van der Waals surface area contributed by atoms with E-state index in [4.69, 9.17) is 0 Å². The molecule has 1 aliphatic rings. The summed E-state index contributed by atoms with van der Waals surface area (Å²) in [5, 5.41) is 3.13. The summed E-state index contributed by atoms with van der Waals surface area (Å²) in [5.41, 5.74) is 0.902. The molecule has 0 aliphatic carbocycles. The van der Waals surface area contributed by atoms with E-state index in [1.165, 1.54) is 18.2 Å². The summed E-state index contributed by atoms with van der Waals surface area (Å²) in [7, 11) is 0. The van der Waals surface area contributed by atoms with Crippen molar-refractivity contribution in [3.63, 3.8) is 0 Å². The van der Waals surface area contributed by atoms with E-state index in [1.54, 1.807) is 11.8 Å². The van der Waals surface area contributed by atoms with Gasteiger partial charge in [-0.15, -0.1) is 24.8 Å². The number of piperazine rings is 1. The monoisotopic (exact) mass is 330 g/mol. The normalized spacial score (nSPS) is 17.2. The molecule has 1 aliphatic heterocycles. The number of hydrogen-bond donors (Lipinski definition) is 1. The fourth-order valence-corrected chi connectivity index (χ4v) is 2.33. The van der Waals surface area contributed by atoms with Crippen LogP contribution in [0.4, 0.5) is 13.2 Å². The van der Waals surface area contributed by atoms with Crippen LogP contribution >= 0.6 is 24.8 Å². The third-order valence-electron chi connectivity index (χ3n) is 3.31. The van der Waals surface area contributed by atoms with Gasteiger partial charge < -0.3 is 5.32 Å². The number of rotatable bonds is 3. The van der Waals surface area contributed by atoms with E-state index in [-0.39, 0.29) is 30.6 Å². The van der Waals surface area contributed by atoms with Gasteiger partial charge in [-0.25, -0.2) is 13.2 Å². The SMILES string of the molecule is Cc1cc([C@@H](C(F)F)N2CCNCC2)ccc1F.Cl.Cl. The van der Waals surface area contributed by atoms with E-state index >= 15 is 0 Å². The van der Waals surface area contributed by atoms with E-state index < -0.39 is 12.5 Å². The van der Waals surface area contributed by atoms with E-state index in [1.807, 2.05) is 0 Å². The minimum atomic E-state index is -2.46. The summed E-state index contributed by atoms with van der Waals surface area (Å²) in [6, 6.07) is 3.31. The molecule has 0 amide bonds.